The second-order valence-corrected chi connectivity index (χ2v) is 4.05. The molecule has 0 atom stereocenters. The van der Waals surface area contributed by atoms with E-state index >= 15 is 0 Å². The molecule has 0 spiro atoms. The zero-order valence-corrected chi connectivity index (χ0v) is 10.8. The van der Waals surface area contributed by atoms with Gasteiger partial charge in [-0.1, -0.05) is 76.3 Å². The second-order valence-electron chi connectivity index (χ2n) is 4.05. The standard InChI is InChI=1S/C9H12.C6H14/c1-3-9-6-4-8(2)5-7-9;1-3-5-6-4-2/h4-7H,3H2,1-2H3;3-6H2,1-2H3. The summed E-state index contributed by atoms with van der Waals surface area (Å²) in [4.78, 5) is 0. The van der Waals surface area contributed by atoms with Crippen LogP contribution in [0.5, 0.6) is 0 Å². The van der Waals surface area contributed by atoms with Gasteiger partial charge in [-0.2, -0.15) is 0 Å². The summed E-state index contributed by atoms with van der Waals surface area (Å²) < 4.78 is 0. The molecule has 0 bridgehead atoms. The summed E-state index contributed by atoms with van der Waals surface area (Å²) in [5.41, 5.74) is 2.76. The van der Waals surface area contributed by atoms with Crippen LogP contribution in [-0.2, 0) is 6.42 Å². The van der Waals surface area contributed by atoms with Gasteiger partial charge in [-0.05, 0) is 18.9 Å². The molecule has 0 amide bonds. The normalized spacial score (nSPS) is 9.33. The van der Waals surface area contributed by atoms with Crippen LogP contribution in [0.25, 0.3) is 0 Å². The van der Waals surface area contributed by atoms with Crippen molar-refractivity contribution in [3.63, 3.8) is 0 Å². The van der Waals surface area contributed by atoms with Crippen molar-refractivity contribution in [1.82, 2.24) is 0 Å². The molecule has 1 aromatic rings. The van der Waals surface area contributed by atoms with Crippen LogP contribution in [0.1, 0.15) is 57.6 Å². The number of aryl methyl sites for hydroxylation is 2. The van der Waals surface area contributed by atoms with E-state index < -0.39 is 0 Å². The van der Waals surface area contributed by atoms with Crippen LogP contribution in [0.15, 0.2) is 24.3 Å². The van der Waals surface area contributed by atoms with Crippen LogP contribution in [0, 0.1) is 6.92 Å². The van der Waals surface area contributed by atoms with Crippen LogP contribution >= 0.6 is 0 Å². The average molecular weight is 206 g/mol. The first-order chi connectivity index (χ1) is 7.24. The summed E-state index contributed by atoms with van der Waals surface area (Å²) in [5.74, 6) is 0. The molecular weight excluding hydrogens is 180 g/mol. The van der Waals surface area contributed by atoms with E-state index in [0.717, 1.165) is 6.42 Å². The van der Waals surface area contributed by atoms with Gasteiger partial charge < -0.3 is 0 Å². The second kappa shape index (κ2) is 9.76. The van der Waals surface area contributed by atoms with E-state index in [1.54, 1.807) is 0 Å². The van der Waals surface area contributed by atoms with E-state index in [0.29, 0.717) is 0 Å². The summed E-state index contributed by atoms with van der Waals surface area (Å²) in [6, 6.07) is 8.66. The maximum Gasteiger partial charge on any atom is -0.0307 e. The fourth-order valence-electron chi connectivity index (χ4n) is 1.32. The maximum atomic E-state index is 2.23. The minimum Gasteiger partial charge on any atom is -0.0654 e. The molecule has 0 aliphatic rings. The summed E-state index contributed by atoms with van der Waals surface area (Å²) in [5, 5.41) is 0. The van der Waals surface area contributed by atoms with Gasteiger partial charge in [0, 0.05) is 0 Å². The molecular formula is C15H26. The van der Waals surface area contributed by atoms with Crippen molar-refractivity contribution in [2.24, 2.45) is 0 Å². The first-order valence-corrected chi connectivity index (χ1v) is 6.30. The molecule has 0 unspecified atom stereocenters. The monoisotopic (exact) mass is 206 g/mol. The highest BCUT2D eigenvalue weighted by molar-refractivity contribution is 5.20. The van der Waals surface area contributed by atoms with Crippen molar-refractivity contribution >= 4 is 0 Å². The lowest BCUT2D eigenvalue weighted by Gasteiger charge is -1.94. The van der Waals surface area contributed by atoms with Gasteiger partial charge in [0.25, 0.3) is 0 Å². The molecule has 1 rings (SSSR count). The summed E-state index contributed by atoms with van der Waals surface area (Å²) >= 11 is 0. The lowest BCUT2D eigenvalue weighted by Crippen LogP contribution is -1.77. The molecule has 0 heteroatoms. The molecule has 1 aromatic carbocycles. The Morgan fingerprint density at radius 2 is 1.27 bits per heavy atom. The van der Waals surface area contributed by atoms with Gasteiger partial charge in [-0.3, -0.25) is 0 Å². The number of rotatable bonds is 4. The smallest absolute Gasteiger partial charge is 0.0307 e. The van der Waals surface area contributed by atoms with Crippen molar-refractivity contribution in [3.8, 4) is 0 Å². The fraction of sp³-hybridized carbons (Fsp3) is 0.600. The molecule has 86 valence electrons. The van der Waals surface area contributed by atoms with Crippen molar-refractivity contribution in [1.29, 1.82) is 0 Å². The number of unbranched alkanes of at least 4 members (excludes halogenated alkanes) is 3. The Bertz CT molecular complexity index is 216. The van der Waals surface area contributed by atoms with E-state index in [1.807, 2.05) is 0 Å². The highest BCUT2D eigenvalue weighted by Crippen LogP contribution is 2.02. The van der Waals surface area contributed by atoms with E-state index in [4.69, 9.17) is 0 Å². The van der Waals surface area contributed by atoms with Crippen LogP contribution in [0.4, 0.5) is 0 Å². The van der Waals surface area contributed by atoms with Gasteiger partial charge in [-0.15, -0.1) is 0 Å². The van der Waals surface area contributed by atoms with Crippen LogP contribution in [0.2, 0.25) is 0 Å². The molecule has 0 saturated carbocycles. The highest BCUT2D eigenvalue weighted by atomic mass is 13.9. The lowest BCUT2D eigenvalue weighted by molar-refractivity contribution is 0.702. The number of hydrogen-bond acceptors (Lipinski definition) is 0. The Balaban J connectivity index is 0.000000288. The number of hydrogen-bond donors (Lipinski definition) is 0. The Morgan fingerprint density at radius 1 is 0.800 bits per heavy atom. The first-order valence-electron chi connectivity index (χ1n) is 6.30. The first kappa shape index (κ1) is 14.2. The summed E-state index contributed by atoms with van der Waals surface area (Å²) in [6.07, 6.45) is 6.68. The van der Waals surface area contributed by atoms with Gasteiger partial charge in [-0.25, -0.2) is 0 Å². The van der Waals surface area contributed by atoms with Crippen LogP contribution in [-0.4, -0.2) is 0 Å². The largest absolute Gasteiger partial charge is 0.0654 e. The van der Waals surface area contributed by atoms with Gasteiger partial charge >= 0.3 is 0 Å². The van der Waals surface area contributed by atoms with Crippen LogP contribution in [0.3, 0.4) is 0 Å². The SMILES string of the molecule is CCCCCC.CCc1ccc(C)cc1. The van der Waals surface area contributed by atoms with Crippen molar-refractivity contribution in [3.05, 3.63) is 35.4 Å². The molecule has 0 radical (unpaired) electrons. The quantitative estimate of drug-likeness (QED) is 0.598. The molecule has 0 nitrogen and oxygen atoms in total. The topological polar surface area (TPSA) is 0 Å². The molecule has 0 saturated heterocycles. The maximum absolute atomic E-state index is 2.23. The molecule has 0 aliphatic heterocycles. The van der Waals surface area contributed by atoms with Crippen LogP contribution < -0.4 is 0 Å². The van der Waals surface area contributed by atoms with Gasteiger partial charge in [0.2, 0.25) is 0 Å². The minimum atomic E-state index is 1.14. The lowest BCUT2D eigenvalue weighted by atomic mass is 10.1. The Hall–Kier alpha value is -0.780. The van der Waals surface area contributed by atoms with Crippen molar-refractivity contribution in [2.75, 3.05) is 0 Å². The Kier molecular flexibility index (Phi) is 9.26. The van der Waals surface area contributed by atoms with E-state index in [1.165, 1.54) is 36.8 Å². The third-order valence-electron chi connectivity index (χ3n) is 2.49. The summed E-state index contributed by atoms with van der Waals surface area (Å²) in [7, 11) is 0. The fourth-order valence-corrected chi connectivity index (χ4v) is 1.32. The van der Waals surface area contributed by atoms with E-state index in [9.17, 15) is 0 Å². The molecule has 0 aromatic heterocycles. The van der Waals surface area contributed by atoms with E-state index in [-0.39, 0.29) is 0 Å². The zero-order valence-electron chi connectivity index (χ0n) is 10.8. The predicted octanol–water partition coefficient (Wildman–Crippen LogP) is 5.14. The van der Waals surface area contributed by atoms with Gasteiger partial charge in [0.15, 0.2) is 0 Å². The molecule has 0 fully saturated rings. The van der Waals surface area contributed by atoms with Gasteiger partial charge in [0.05, 0.1) is 0 Å². The third kappa shape index (κ3) is 8.23. The highest BCUT2D eigenvalue weighted by Gasteiger charge is 1.84. The third-order valence-corrected chi connectivity index (χ3v) is 2.49. The molecule has 0 heterocycles. The molecule has 15 heavy (non-hydrogen) atoms. The zero-order chi connectivity index (χ0) is 11.5. The predicted molar refractivity (Wildman–Crippen MR) is 70.4 cm³/mol. The minimum absolute atomic E-state index is 1.14. The number of benzene rings is 1. The van der Waals surface area contributed by atoms with E-state index in [2.05, 4.69) is 52.0 Å². The van der Waals surface area contributed by atoms with Gasteiger partial charge in [0.1, 0.15) is 0 Å². The van der Waals surface area contributed by atoms with Crippen molar-refractivity contribution in [2.45, 2.75) is 59.8 Å². The Labute approximate surface area is 95.7 Å². The van der Waals surface area contributed by atoms with Crippen molar-refractivity contribution < 1.29 is 0 Å². The Morgan fingerprint density at radius 3 is 1.60 bits per heavy atom. The molecule has 0 aliphatic carbocycles. The average Bonchev–Trinajstić information content (AvgIpc) is 2.28. The molecule has 0 N–H and O–H groups in total. The summed E-state index contributed by atoms with van der Waals surface area (Å²) in [6.45, 7) is 8.75.